The van der Waals surface area contributed by atoms with Gasteiger partial charge in [-0.1, -0.05) is 6.08 Å². The summed E-state index contributed by atoms with van der Waals surface area (Å²) in [6, 6.07) is 3.91. The van der Waals surface area contributed by atoms with Crippen molar-refractivity contribution in [1.29, 1.82) is 0 Å². The van der Waals surface area contributed by atoms with Crippen LogP contribution in [0, 0.1) is 6.92 Å². The molecule has 0 spiro atoms. The number of likely N-dealkylation sites (N-methyl/N-ethyl adjacent to an activating group) is 1. The summed E-state index contributed by atoms with van der Waals surface area (Å²) in [4.78, 5) is 22.4. The van der Waals surface area contributed by atoms with Crippen LogP contribution in [0.25, 0.3) is 22.1 Å². The van der Waals surface area contributed by atoms with Crippen LogP contribution in [-0.4, -0.2) is 79.3 Å². The summed E-state index contributed by atoms with van der Waals surface area (Å²) in [5.74, 6) is 1.25. The van der Waals surface area contributed by atoms with Gasteiger partial charge in [-0.25, -0.2) is 9.97 Å². The third-order valence-corrected chi connectivity index (χ3v) is 6.72. The summed E-state index contributed by atoms with van der Waals surface area (Å²) < 4.78 is 2.46. The molecule has 4 aromatic rings. The fraction of sp³-hybridized carbons (Fsp3) is 0.318. The third-order valence-electron chi connectivity index (χ3n) is 5.64. The number of piperazine rings is 1. The zero-order valence-corrected chi connectivity index (χ0v) is 19.5. The Kier molecular flexibility index (Phi) is 5.99. The van der Waals surface area contributed by atoms with Crippen molar-refractivity contribution in [2.75, 3.05) is 50.8 Å². The second-order valence-electron chi connectivity index (χ2n) is 8.10. The molecule has 5 heterocycles. The summed E-state index contributed by atoms with van der Waals surface area (Å²) in [5.41, 5.74) is 9.82. The molecule has 5 rings (SSSR count). The molecule has 0 bridgehead atoms. The first kappa shape index (κ1) is 21.4. The van der Waals surface area contributed by atoms with Gasteiger partial charge in [-0.2, -0.15) is 9.67 Å². The molecule has 10 nitrogen and oxygen atoms in total. The van der Waals surface area contributed by atoms with Crippen LogP contribution >= 0.6 is 11.3 Å². The molecule has 33 heavy (non-hydrogen) atoms. The van der Waals surface area contributed by atoms with Crippen molar-refractivity contribution >= 4 is 45.2 Å². The number of nitrogens with two attached hydrogens (primary N) is 1. The highest BCUT2D eigenvalue weighted by atomic mass is 32.1. The number of nitrogens with one attached hydrogen (secondary N) is 1. The van der Waals surface area contributed by atoms with E-state index in [1.54, 1.807) is 17.5 Å². The highest BCUT2D eigenvalue weighted by molar-refractivity contribution is 7.17. The number of nitrogen functional groups attached to an aromatic ring is 1. The average molecular weight is 463 g/mol. The number of aromatic nitrogens is 6. The Morgan fingerprint density at radius 2 is 2.00 bits per heavy atom. The smallest absolute Gasteiger partial charge is 0.248 e. The van der Waals surface area contributed by atoms with Crippen LogP contribution in [0.1, 0.15) is 11.3 Å². The fourth-order valence-corrected chi connectivity index (χ4v) is 4.68. The van der Waals surface area contributed by atoms with Gasteiger partial charge in [0.15, 0.2) is 5.82 Å². The normalized spacial score (nSPS) is 15.6. The molecule has 1 aliphatic rings. The van der Waals surface area contributed by atoms with Crippen LogP contribution in [0.15, 0.2) is 36.1 Å². The molecule has 4 aromatic heterocycles. The number of thiophene rings is 1. The second kappa shape index (κ2) is 9.22. The van der Waals surface area contributed by atoms with Gasteiger partial charge in [-0.3, -0.25) is 9.88 Å². The fourth-order valence-electron chi connectivity index (χ4n) is 3.70. The summed E-state index contributed by atoms with van der Waals surface area (Å²) in [6.07, 6.45) is 7.50. The van der Waals surface area contributed by atoms with Crippen molar-refractivity contribution in [3.8, 4) is 5.82 Å². The van der Waals surface area contributed by atoms with Crippen molar-refractivity contribution in [3.63, 3.8) is 0 Å². The molecule has 0 saturated carbocycles. The summed E-state index contributed by atoms with van der Waals surface area (Å²) in [6.45, 7) is 7.41. The van der Waals surface area contributed by atoms with Crippen LogP contribution in [0.5, 0.6) is 0 Å². The number of aryl methyl sites for hydroxylation is 1. The van der Waals surface area contributed by atoms with E-state index in [0.29, 0.717) is 11.8 Å². The first-order chi connectivity index (χ1) is 16.1. The van der Waals surface area contributed by atoms with Gasteiger partial charge in [0.25, 0.3) is 0 Å². The Morgan fingerprint density at radius 3 is 2.79 bits per heavy atom. The van der Waals surface area contributed by atoms with E-state index in [1.807, 2.05) is 24.4 Å². The van der Waals surface area contributed by atoms with E-state index in [0.717, 1.165) is 59.9 Å². The number of fused-ring (bicyclic) bond motifs is 1. The van der Waals surface area contributed by atoms with Gasteiger partial charge in [0, 0.05) is 32.7 Å². The van der Waals surface area contributed by atoms with Crippen LogP contribution in [0.4, 0.5) is 17.6 Å². The summed E-state index contributed by atoms with van der Waals surface area (Å²) >= 11 is 1.56. The molecule has 11 heteroatoms. The van der Waals surface area contributed by atoms with Gasteiger partial charge >= 0.3 is 0 Å². The zero-order chi connectivity index (χ0) is 22.8. The van der Waals surface area contributed by atoms with Gasteiger partial charge < -0.3 is 16.0 Å². The quantitative estimate of drug-likeness (QED) is 0.446. The molecule has 3 N–H and O–H groups in total. The van der Waals surface area contributed by atoms with E-state index in [9.17, 15) is 0 Å². The molecule has 0 aromatic carbocycles. The number of anilines is 3. The van der Waals surface area contributed by atoms with Crippen LogP contribution in [-0.2, 0) is 0 Å². The lowest BCUT2D eigenvalue weighted by molar-refractivity contribution is 0.167. The van der Waals surface area contributed by atoms with Crippen LogP contribution in [0.2, 0.25) is 0 Å². The monoisotopic (exact) mass is 462 g/mol. The van der Waals surface area contributed by atoms with E-state index in [2.05, 4.69) is 59.4 Å². The molecule has 1 saturated heterocycles. The maximum Gasteiger partial charge on any atom is 0.248 e. The molecule has 0 radical (unpaired) electrons. The Balaban J connectivity index is 1.25. The van der Waals surface area contributed by atoms with Gasteiger partial charge in [0.2, 0.25) is 11.9 Å². The van der Waals surface area contributed by atoms with Crippen molar-refractivity contribution in [1.82, 2.24) is 39.5 Å². The summed E-state index contributed by atoms with van der Waals surface area (Å²) in [5, 5.41) is 9.71. The second-order valence-corrected chi connectivity index (χ2v) is 8.98. The van der Waals surface area contributed by atoms with E-state index in [1.165, 1.54) is 11.0 Å². The Morgan fingerprint density at radius 1 is 1.15 bits per heavy atom. The predicted molar refractivity (Wildman–Crippen MR) is 132 cm³/mol. The minimum atomic E-state index is 0.250. The summed E-state index contributed by atoms with van der Waals surface area (Å²) in [7, 11) is 2.17. The molecule has 1 aliphatic heterocycles. The lowest BCUT2D eigenvalue weighted by atomic mass is 10.3. The Hall–Kier alpha value is -3.41. The maximum absolute atomic E-state index is 6.14. The topological polar surface area (TPSA) is 114 Å². The molecular weight excluding hydrogens is 436 g/mol. The van der Waals surface area contributed by atoms with E-state index in [-0.39, 0.29) is 5.95 Å². The largest absolute Gasteiger partial charge is 0.368 e. The number of hydrogen-bond acceptors (Lipinski definition) is 10. The molecule has 170 valence electrons. The van der Waals surface area contributed by atoms with Crippen molar-refractivity contribution < 1.29 is 0 Å². The van der Waals surface area contributed by atoms with Crippen molar-refractivity contribution in [2.45, 2.75) is 6.92 Å². The highest BCUT2D eigenvalue weighted by Gasteiger charge is 2.16. The first-order valence-corrected chi connectivity index (χ1v) is 11.7. The molecule has 0 aliphatic carbocycles. The third kappa shape index (κ3) is 4.70. The minimum Gasteiger partial charge on any atom is -0.368 e. The molecular formula is C22H26N10S. The molecule has 0 atom stereocenters. The Labute approximate surface area is 195 Å². The SMILES string of the molecule is Cc1csc2c(-n3nc(Nc4ccc(C=CCN5CCN(C)CC5)nc4)nc3N)ncnc12. The van der Waals surface area contributed by atoms with Gasteiger partial charge in [-0.15, -0.1) is 16.4 Å². The number of pyridine rings is 1. The minimum absolute atomic E-state index is 0.250. The van der Waals surface area contributed by atoms with Gasteiger partial charge in [-0.05, 0) is 43.1 Å². The molecule has 0 unspecified atom stereocenters. The van der Waals surface area contributed by atoms with E-state index >= 15 is 0 Å². The standard InChI is InChI=1S/C22H26N10S/c1-15-13-33-19-18(15)25-14-26-20(19)32-21(23)28-22(29-32)27-17-6-5-16(24-12-17)4-3-7-31-10-8-30(2)9-11-31/h3-6,12-14H,7-11H2,1-2H3,(H3,23,27,28,29). The maximum atomic E-state index is 6.14. The average Bonchev–Trinajstić information content (AvgIpc) is 3.38. The lowest BCUT2D eigenvalue weighted by Crippen LogP contribution is -2.44. The van der Waals surface area contributed by atoms with Crippen molar-refractivity contribution in [3.05, 3.63) is 47.4 Å². The highest BCUT2D eigenvalue weighted by Crippen LogP contribution is 2.28. The predicted octanol–water partition coefficient (Wildman–Crippen LogP) is 2.56. The molecule has 1 fully saturated rings. The Bertz CT molecular complexity index is 1270. The van der Waals surface area contributed by atoms with Crippen LogP contribution < -0.4 is 11.1 Å². The zero-order valence-electron chi connectivity index (χ0n) is 18.6. The van der Waals surface area contributed by atoms with E-state index < -0.39 is 0 Å². The number of hydrogen-bond donors (Lipinski definition) is 2. The van der Waals surface area contributed by atoms with Crippen molar-refractivity contribution in [2.24, 2.45) is 0 Å². The van der Waals surface area contributed by atoms with Crippen LogP contribution in [0.3, 0.4) is 0 Å². The number of nitrogens with zero attached hydrogens (tertiary/aromatic N) is 8. The van der Waals surface area contributed by atoms with E-state index in [4.69, 9.17) is 5.73 Å². The number of rotatable bonds is 6. The lowest BCUT2D eigenvalue weighted by Gasteiger charge is -2.31. The first-order valence-electron chi connectivity index (χ1n) is 10.8. The van der Waals surface area contributed by atoms with Gasteiger partial charge in [0.1, 0.15) is 6.33 Å². The molecule has 0 amide bonds. The van der Waals surface area contributed by atoms with Gasteiger partial charge in [0.05, 0.1) is 27.8 Å².